The molecule has 0 atom stereocenters. The van der Waals surface area contributed by atoms with Gasteiger partial charge in [0.25, 0.3) is 5.56 Å². The van der Waals surface area contributed by atoms with Crippen LogP contribution in [0.2, 0.25) is 0 Å². The third-order valence-electron chi connectivity index (χ3n) is 5.10. The van der Waals surface area contributed by atoms with Crippen molar-refractivity contribution in [1.29, 1.82) is 0 Å². The number of benzene rings is 2. The van der Waals surface area contributed by atoms with Gasteiger partial charge < -0.3 is 4.42 Å². The molecule has 0 aliphatic heterocycles. The van der Waals surface area contributed by atoms with Crippen LogP contribution >= 0.6 is 0 Å². The van der Waals surface area contributed by atoms with E-state index in [-0.39, 0.29) is 5.56 Å². The van der Waals surface area contributed by atoms with E-state index in [1.165, 1.54) is 4.57 Å². The number of oxazole rings is 1. The first kappa shape index (κ1) is 18.1. The largest absolute Gasteiger partial charge is 0.434 e. The van der Waals surface area contributed by atoms with Crippen LogP contribution in [0.3, 0.4) is 0 Å². The molecule has 146 valence electrons. The van der Waals surface area contributed by atoms with Crippen molar-refractivity contribution in [3.8, 4) is 28.6 Å². The molecule has 30 heavy (non-hydrogen) atoms. The highest BCUT2D eigenvalue weighted by Gasteiger charge is 2.20. The van der Waals surface area contributed by atoms with Gasteiger partial charge in [-0.25, -0.2) is 0 Å². The molecule has 0 bridgehead atoms. The minimum absolute atomic E-state index is 0.222. The van der Waals surface area contributed by atoms with E-state index in [9.17, 15) is 4.79 Å². The fraction of sp³-hybridized carbons (Fsp3) is 0.0800. The lowest BCUT2D eigenvalue weighted by molar-refractivity contribution is 0.588. The Labute approximate surface area is 173 Å². The molecule has 5 nitrogen and oxygen atoms in total. The Morgan fingerprint density at radius 2 is 1.63 bits per heavy atom. The van der Waals surface area contributed by atoms with Crippen LogP contribution in [-0.2, 0) is 6.42 Å². The summed E-state index contributed by atoms with van der Waals surface area (Å²) in [6.45, 7) is 2.07. The Hall–Kier alpha value is -3.99. The summed E-state index contributed by atoms with van der Waals surface area (Å²) in [5.41, 5.74) is 2.99. The van der Waals surface area contributed by atoms with Gasteiger partial charge in [-0.2, -0.15) is 4.98 Å². The summed E-state index contributed by atoms with van der Waals surface area (Å²) in [6, 6.07) is 23.2. The average molecular weight is 393 g/mol. The van der Waals surface area contributed by atoms with Crippen LogP contribution < -0.4 is 5.56 Å². The van der Waals surface area contributed by atoms with E-state index in [4.69, 9.17) is 9.40 Å². The molecule has 0 fully saturated rings. The fourth-order valence-electron chi connectivity index (χ4n) is 3.49. The van der Waals surface area contributed by atoms with E-state index in [1.54, 1.807) is 12.4 Å². The molecule has 3 aromatic heterocycles. The van der Waals surface area contributed by atoms with E-state index in [0.717, 1.165) is 28.5 Å². The number of hydrogen-bond donors (Lipinski definition) is 0. The zero-order chi connectivity index (χ0) is 20.5. The second kappa shape index (κ2) is 7.44. The maximum Gasteiger partial charge on any atom is 0.282 e. The Morgan fingerprint density at radius 1 is 0.933 bits per heavy atom. The van der Waals surface area contributed by atoms with Gasteiger partial charge in [0.2, 0.25) is 5.89 Å². The summed E-state index contributed by atoms with van der Waals surface area (Å²) in [5, 5.41) is 0.823. The monoisotopic (exact) mass is 393 g/mol. The quantitative estimate of drug-likeness (QED) is 0.417. The highest BCUT2D eigenvalue weighted by Crippen LogP contribution is 2.31. The molecule has 0 N–H and O–H groups in total. The van der Waals surface area contributed by atoms with Crippen LogP contribution in [0.15, 0.2) is 94.4 Å². The molecule has 0 aliphatic rings. The first-order chi connectivity index (χ1) is 14.7. The summed E-state index contributed by atoms with van der Waals surface area (Å²) in [5.74, 6) is 1.46. The molecule has 0 radical (unpaired) electrons. The second-order valence-corrected chi connectivity index (χ2v) is 7.03. The predicted molar refractivity (Wildman–Crippen MR) is 118 cm³/mol. The van der Waals surface area contributed by atoms with Gasteiger partial charge in [0.1, 0.15) is 5.52 Å². The molecule has 0 spiro atoms. The summed E-state index contributed by atoms with van der Waals surface area (Å²) in [6.07, 6.45) is 4.36. The molecular weight excluding hydrogens is 374 g/mol. The topological polar surface area (TPSA) is 60.9 Å². The van der Waals surface area contributed by atoms with Gasteiger partial charge >= 0.3 is 0 Å². The maximum atomic E-state index is 13.3. The zero-order valence-electron chi connectivity index (χ0n) is 16.4. The summed E-state index contributed by atoms with van der Waals surface area (Å²) >= 11 is 0. The summed E-state index contributed by atoms with van der Waals surface area (Å²) in [4.78, 5) is 22.4. The van der Waals surface area contributed by atoms with Crippen molar-refractivity contribution in [2.24, 2.45) is 0 Å². The number of aromatic nitrogens is 3. The lowest BCUT2D eigenvalue weighted by Crippen LogP contribution is -2.19. The molecule has 0 saturated carbocycles. The molecule has 3 heterocycles. The van der Waals surface area contributed by atoms with Gasteiger partial charge in [-0.05, 0) is 36.2 Å². The van der Waals surface area contributed by atoms with Crippen molar-refractivity contribution in [3.63, 3.8) is 0 Å². The Morgan fingerprint density at radius 3 is 2.33 bits per heavy atom. The predicted octanol–water partition coefficient (Wildman–Crippen LogP) is 5.27. The number of rotatable bonds is 4. The van der Waals surface area contributed by atoms with Crippen LogP contribution in [-0.4, -0.2) is 14.5 Å². The molecule has 0 saturated heterocycles. The standard InChI is InChI=1S/C25H19N3O2/c1-2-17-15-20-13-14-28(25(29)21(20)26-16-17)23-22(18-9-5-3-6-10-18)30-24(27-23)19-11-7-4-8-12-19/h3-16H,2H2,1H3. The number of nitrogens with zero attached hydrogens (tertiary/aromatic N) is 3. The molecule has 0 amide bonds. The smallest absolute Gasteiger partial charge is 0.282 e. The van der Waals surface area contributed by atoms with Gasteiger partial charge in [-0.15, -0.1) is 0 Å². The van der Waals surface area contributed by atoms with Crippen molar-refractivity contribution >= 4 is 10.9 Å². The lowest BCUT2D eigenvalue weighted by Gasteiger charge is -2.06. The molecule has 5 heteroatoms. The number of hydrogen-bond acceptors (Lipinski definition) is 4. The number of aryl methyl sites for hydroxylation is 1. The third-order valence-corrected chi connectivity index (χ3v) is 5.10. The minimum Gasteiger partial charge on any atom is -0.434 e. The second-order valence-electron chi connectivity index (χ2n) is 7.03. The summed E-state index contributed by atoms with van der Waals surface area (Å²) < 4.78 is 7.67. The number of fused-ring (bicyclic) bond motifs is 1. The van der Waals surface area contributed by atoms with E-state index in [0.29, 0.717) is 23.0 Å². The average Bonchev–Trinajstić information content (AvgIpc) is 3.25. The van der Waals surface area contributed by atoms with Crippen molar-refractivity contribution in [2.75, 3.05) is 0 Å². The molecule has 0 unspecified atom stereocenters. The fourth-order valence-corrected chi connectivity index (χ4v) is 3.49. The van der Waals surface area contributed by atoms with Crippen LogP contribution in [0.25, 0.3) is 39.5 Å². The van der Waals surface area contributed by atoms with Gasteiger partial charge in [0.05, 0.1) is 0 Å². The van der Waals surface area contributed by atoms with E-state index < -0.39 is 0 Å². The number of pyridine rings is 2. The van der Waals surface area contributed by atoms with Crippen molar-refractivity contribution in [3.05, 3.63) is 101 Å². The maximum absolute atomic E-state index is 13.3. The van der Waals surface area contributed by atoms with Gasteiger partial charge in [0, 0.05) is 28.9 Å². The molecule has 2 aromatic carbocycles. The van der Waals surface area contributed by atoms with E-state index >= 15 is 0 Å². The van der Waals surface area contributed by atoms with Crippen molar-refractivity contribution < 1.29 is 4.42 Å². The van der Waals surface area contributed by atoms with Crippen LogP contribution in [0.5, 0.6) is 0 Å². The third kappa shape index (κ3) is 3.10. The normalized spacial score (nSPS) is 11.1. The zero-order valence-corrected chi connectivity index (χ0v) is 16.4. The van der Waals surface area contributed by atoms with Crippen LogP contribution in [0, 0.1) is 0 Å². The van der Waals surface area contributed by atoms with Gasteiger partial charge in [0.15, 0.2) is 11.6 Å². The molecule has 5 rings (SSSR count). The highest BCUT2D eigenvalue weighted by molar-refractivity contribution is 5.79. The Kier molecular flexibility index (Phi) is 4.48. The molecule has 0 aliphatic carbocycles. The molecule has 5 aromatic rings. The van der Waals surface area contributed by atoms with Crippen LogP contribution in [0.1, 0.15) is 12.5 Å². The Bertz CT molecular complexity index is 1390. The van der Waals surface area contributed by atoms with Crippen LogP contribution in [0.4, 0.5) is 0 Å². The SMILES string of the molecule is CCc1cnc2c(=O)n(-c3nc(-c4ccccc4)oc3-c3ccccc3)ccc2c1. The van der Waals surface area contributed by atoms with Gasteiger partial charge in [-0.1, -0.05) is 55.5 Å². The van der Waals surface area contributed by atoms with Crippen molar-refractivity contribution in [2.45, 2.75) is 13.3 Å². The van der Waals surface area contributed by atoms with Crippen molar-refractivity contribution in [1.82, 2.24) is 14.5 Å². The van der Waals surface area contributed by atoms with Gasteiger partial charge in [-0.3, -0.25) is 14.3 Å². The minimum atomic E-state index is -0.222. The Balaban J connectivity index is 1.75. The van der Waals surface area contributed by atoms with E-state index in [2.05, 4.69) is 11.9 Å². The van der Waals surface area contributed by atoms with E-state index in [1.807, 2.05) is 72.8 Å². The highest BCUT2D eigenvalue weighted by atomic mass is 16.4. The molecular formula is C25H19N3O2. The summed E-state index contributed by atoms with van der Waals surface area (Å²) in [7, 11) is 0. The first-order valence-corrected chi connectivity index (χ1v) is 9.87. The lowest BCUT2D eigenvalue weighted by atomic mass is 10.1. The first-order valence-electron chi connectivity index (χ1n) is 9.87.